The molecule has 0 aromatic heterocycles. The maximum absolute atomic E-state index is 9.89. The van der Waals surface area contributed by atoms with Crippen LogP contribution in [0, 0.1) is 0 Å². The highest BCUT2D eigenvalue weighted by atomic mass is 16.3. The monoisotopic (exact) mass is 190 g/mol. The summed E-state index contributed by atoms with van der Waals surface area (Å²) in [5, 5.41) is 9.89. The van der Waals surface area contributed by atoms with E-state index in [1.807, 2.05) is 36.4 Å². The Kier molecular flexibility index (Phi) is 4.41. The fraction of sp³-hybridized carbons (Fsp3) is 0.385. The summed E-state index contributed by atoms with van der Waals surface area (Å²) < 4.78 is 0. The number of hydrogen-bond acceptors (Lipinski definition) is 1. The van der Waals surface area contributed by atoms with Crippen LogP contribution in [0.1, 0.15) is 31.2 Å². The van der Waals surface area contributed by atoms with Crippen molar-refractivity contribution in [1.82, 2.24) is 0 Å². The second-order valence-electron chi connectivity index (χ2n) is 3.53. The zero-order chi connectivity index (χ0) is 10.4. The minimum Gasteiger partial charge on any atom is -0.392 e. The number of rotatable bonds is 5. The fourth-order valence-corrected chi connectivity index (χ4v) is 1.67. The lowest BCUT2D eigenvalue weighted by molar-refractivity contribution is 0.148. The Morgan fingerprint density at radius 1 is 1.36 bits per heavy atom. The molecule has 0 aliphatic rings. The van der Waals surface area contributed by atoms with Gasteiger partial charge in [-0.05, 0) is 12.0 Å². The van der Waals surface area contributed by atoms with Gasteiger partial charge in [0.1, 0.15) is 0 Å². The lowest BCUT2D eigenvalue weighted by Crippen LogP contribution is -2.16. The summed E-state index contributed by atoms with van der Waals surface area (Å²) in [6, 6.07) is 10.0. The van der Waals surface area contributed by atoms with Crippen LogP contribution in [-0.2, 0) is 0 Å². The number of aliphatic hydroxyl groups is 1. The number of benzene rings is 1. The molecule has 1 N–H and O–H groups in total. The maximum atomic E-state index is 9.89. The van der Waals surface area contributed by atoms with Gasteiger partial charge in [0.2, 0.25) is 0 Å². The van der Waals surface area contributed by atoms with Crippen molar-refractivity contribution in [3.8, 4) is 0 Å². The first-order valence-corrected chi connectivity index (χ1v) is 5.15. The van der Waals surface area contributed by atoms with Crippen molar-refractivity contribution in [1.29, 1.82) is 0 Å². The molecule has 0 aliphatic carbocycles. The largest absolute Gasteiger partial charge is 0.392 e. The molecular formula is C13H18O. The van der Waals surface area contributed by atoms with Crippen LogP contribution in [0.15, 0.2) is 43.0 Å². The van der Waals surface area contributed by atoms with E-state index in [9.17, 15) is 5.11 Å². The van der Waals surface area contributed by atoms with Gasteiger partial charge in [0, 0.05) is 5.92 Å². The summed E-state index contributed by atoms with van der Waals surface area (Å²) in [5.41, 5.74) is 1.14. The van der Waals surface area contributed by atoms with Crippen LogP contribution in [-0.4, -0.2) is 11.2 Å². The highest BCUT2D eigenvalue weighted by Gasteiger charge is 2.16. The Hall–Kier alpha value is -1.08. The Labute approximate surface area is 86.1 Å². The molecule has 0 amide bonds. The molecule has 14 heavy (non-hydrogen) atoms. The van der Waals surface area contributed by atoms with E-state index < -0.39 is 0 Å². The van der Waals surface area contributed by atoms with Gasteiger partial charge in [-0.1, -0.05) is 49.8 Å². The molecule has 0 heterocycles. The molecule has 1 rings (SSSR count). The van der Waals surface area contributed by atoms with Crippen LogP contribution < -0.4 is 0 Å². The van der Waals surface area contributed by atoms with Crippen LogP contribution in [0.3, 0.4) is 0 Å². The molecular weight excluding hydrogens is 172 g/mol. The zero-order valence-electron chi connectivity index (χ0n) is 8.69. The van der Waals surface area contributed by atoms with Crippen LogP contribution >= 0.6 is 0 Å². The Bertz CT molecular complexity index is 266. The lowest BCUT2D eigenvalue weighted by atomic mass is 9.91. The van der Waals surface area contributed by atoms with E-state index in [4.69, 9.17) is 0 Å². The van der Waals surface area contributed by atoms with E-state index in [0.29, 0.717) is 0 Å². The van der Waals surface area contributed by atoms with Crippen LogP contribution in [0.4, 0.5) is 0 Å². The van der Waals surface area contributed by atoms with E-state index in [2.05, 4.69) is 13.5 Å². The average molecular weight is 190 g/mol. The molecule has 0 spiro atoms. The third kappa shape index (κ3) is 2.71. The number of aliphatic hydroxyl groups excluding tert-OH is 1. The maximum Gasteiger partial charge on any atom is 0.0643 e. The van der Waals surface area contributed by atoms with Crippen molar-refractivity contribution in [2.45, 2.75) is 31.8 Å². The molecule has 0 saturated carbocycles. The minimum atomic E-state index is -0.306. The van der Waals surface area contributed by atoms with Gasteiger partial charge in [0.15, 0.2) is 0 Å². The predicted molar refractivity (Wildman–Crippen MR) is 60.3 cm³/mol. The molecule has 0 bridgehead atoms. The van der Waals surface area contributed by atoms with E-state index >= 15 is 0 Å². The predicted octanol–water partition coefficient (Wildman–Crippen LogP) is 3.12. The van der Waals surface area contributed by atoms with Gasteiger partial charge in [0.05, 0.1) is 6.10 Å². The number of hydrogen-bond donors (Lipinski definition) is 1. The van der Waals surface area contributed by atoms with Crippen molar-refractivity contribution < 1.29 is 5.11 Å². The van der Waals surface area contributed by atoms with E-state index in [0.717, 1.165) is 18.4 Å². The second-order valence-corrected chi connectivity index (χ2v) is 3.53. The summed E-state index contributed by atoms with van der Waals surface area (Å²) in [6.45, 7) is 5.86. The third-order valence-electron chi connectivity index (χ3n) is 2.44. The first-order chi connectivity index (χ1) is 6.79. The molecule has 0 radical (unpaired) electrons. The van der Waals surface area contributed by atoms with Crippen molar-refractivity contribution >= 4 is 0 Å². The summed E-state index contributed by atoms with van der Waals surface area (Å²) >= 11 is 0. The SMILES string of the molecule is C=C[C@@H](c1ccccc1)[C@@H](O)CCC. The van der Waals surface area contributed by atoms with Crippen molar-refractivity contribution in [2.24, 2.45) is 0 Å². The molecule has 2 atom stereocenters. The smallest absolute Gasteiger partial charge is 0.0643 e. The highest BCUT2D eigenvalue weighted by Crippen LogP contribution is 2.23. The Balaban J connectivity index is 2.76. The van der Waals surface area contributed by atoms with Gasteiger partial charge in [-0.2, -0.15) is 0 Å². The van der Waals surface area contributed by atoms with Crippen LogP contribution in [0.2, 0.25) is 0 Å². The highest BCUT2D eigenvalue weighted by molar-refractivity contribution is 5.24. The van der Waals surface area contributed by atoms with E-state index in [1.54, 1.807) is 0 Å². The molecule has 0 aliphatic heterocycles. The first-order valence-electron chi connectivity index (χ1n) is 5.15. The standard InChI is InChI=1S/C13H18O/c1-3-8-13(14)12(4-2)11-9-6-5-7-10-11/h4-7,9-10,12-14H,2-3,8H2,1H3/t12-,13-/m0/s1. The summed E-state index contributed by atoms with van der Waals surface area (Å²) in [7, 11) is 0. The van der Waals surface area contributed by atoms with E-state index in [-0.39, 0.29) is 12.0 Å². The fourth-order valence-electron chi connectivity index (χ4n) is 1.67. The topological polar surface area (TPSA) is 20.2 Å². The Morgan fingerprint density at radius 3 is 2.50 bits per heavy atom. The van der Waals surface area contributed by atoms with Crippen molar-refractivity contribution in [2.75, 3.05) is 0 Å². The minimum absolute atomic E-state index is 0.0659. The quantitative estimate of drug-likeness (QED) is 0.707. The van der Waals surface area contributed by atoms with Gasteiger partial charge in [-0.25, -0.2) is 0 Å². The normalized spacial score (nSPS) is 14.7. The van der Waals surface area contributed by atoms with Crippen LogP contribution in [0.5, 0.6) is 0 Å². The van der Waals surface area contributed by atoms with Gasteiger partial charge < -0.3 is 5.11 Å². The van der Waals surface area contributed by atoms with Crippen molar-refractivity contribution in [3.05, 3.63) is 48.6 Å². The average Bonchev–Trinajstić information content (AvgIpc) is 2.21. The molecule has 76 valence electrons. The molecule has 1 aromatic carbocycles. The Morgan fingerprint density at radius 2 is 2.00 bits per heavy atom. The van der Waals surface area contributed by atoms with Gasteiger partial charge in [-0.15, -0.1) is 6.58 Å². The first kappa shape index (κ1) is 11.0. The molecule has 0 unspecified atom stereocenters. The van der Waals surface area contributed by atoms with Gasteiger partial charge >= 0.3 is 0 Å². The second kappa shape index (κ2) is 5.61. The third-order valence-corrected chi connectivity index (χ3v) is 2.44. The summed E-state index contributed by atoms with van der Waals surface area (Å²) in [4.78, 5) is 0. The van der Waals surface area contributed by atoms with Gasteiger partial charge in [-0.3, -0.25) is 0 Å². The molecule has 1 aromatic rings. The molecule has 0 fully saturated rings. The molecule has 0 saturated heterocycles. The molecule has 1 heteroatoms. The summed E-state index contributed by atoms with van der Waals surface area (Å²) in [5.74, 6) is 0.0659. The zero-order valence-corrected chi connectivity index (χ0v) is 8.69. The van der Waals surface area contributed by atoms with Gasteiger partial charge in [0.25, 0.3) is 0 Å². The van der Waals surface area contributed by atoms with E-state index in [1.165, 1.54) is 0 Å². The molecule has 1 nitrogen and oxygen atoms in total. The van der Waals surface area contributed by atoms with Crippen LogP contribution in [0.25, 0.3) is 0 Å². The lowest BCUT2D eigenvalue weighted by Gasteiger charge is -2.19. The summed E-state index contributed by atoms with van der Waals surface area (Å²) in [6.07, 6.45) is 3.35. The van der Waals surface area contributed by atoms with Crippen molar-refractivity contribution in [3.63, 3.8) is 0 Å².